The number of hydrogen-bond acceptors (Lipinski definition) is 3. The number of allylic oxidation sites excluding steroid dienone is 1. The number of rotatable bonds is 5. The Morgan fingerprint density at radius 1 is 1.09 bits per heavy atom. The third-order valence-electron chi connectivity index (χ3n) is 6.36. The summed E-state index contributed by atoms with van der Waals surface area (Å²) in [5, 5.41) is 12.4. The van der Waals surface area contributed by atoms with E-state index in [1.54, 1.807) is 0 Å². The molecule has 0 radical (unpaired) electrons. The normalized spacial score (nSPS) is 22.7. The van der Waals surface area contributed by atoms with Crippen LogP contribution in [0.15, 0.2) is 48.7 Å². The van der Waals surface area contributed by atoms with Crippen LogP contribution < -0.4 is 5.32 Å². The Balaban J connectivity index is 1.59. The SMILES string of the molecule is C=C(N1C2CCC1CC(O)C2)C(F)(F)c1cc(C(=O)Nc2ccc(F)c(C)c2)ccc1F. The Morgan fingerprint density at radius 2 is 1.72 bits per heavy atom. The van der Waals surface area contributed by atoms with Gasteiger partial charge in [0.05, 0.1) is 17.4 Å². The molecule has 0 spiro atoms. The van der Waals surface area contributed by atoms with Gasteiger partial charge in [0.2, 0.25) is 0 Å². The van der Waals surface area contributed by atoms with Crippen LogP contribution in [0.5, 0.6) is 0 Å². The first-order valence-electron chi connectivity index (χ1n) is 10.5. The number of anilines is 1. The highest BCUT2D eigenvalue weighted by Crippen LogP contribution is 2.46. The first-order valence-corrected chi connectivity index (χ1v) is 10.5. The predicted octanol–water partition coefficient (Wildman–Crippen LogP) is 5.12. The van der Waals surface area contributed by atoms with Crippen molar-refractivity contribution in [2.75, 3.05) is 5.32 Å². The molecule has 2 unspecified atom stereocenters. The highest BCUT2D eigenvalue weighted by Gasteiger charge is 2.49. The van der Waals surface area contributed by atoms with E-state index in [2.05, 4.69) is 11.9 Å². The Bertz CT molecular complexity index is 1060. The summed E-state index contributed by atoms with van der Waals surface area (Å²) in [5.74, 6) is -6.05. The molecule has 32 heavy (non-hydrogen) atoms. The van der Waals surface area contributed by atoms with Crippen molar-refractivity contribution >= 4 is 11.6 Å². The number of aliphatic hydroxyl groups is 1. The van der Waals surface area contributed by atoms with Gasteiger partial charge in [-0.1, -0.05) is 6.58 Å². The second kappa shape index (κ2) is 8.24. The quantitative estimate of drug-likeness (QED) is 0.625. The zero-order valence-electron chi connectivity index (χ0n) is 17.5. The number of hydrogen-bond donors (Lipinski definition) is 2. The summed E-state index contributed by atoms with van der Waals surface area (Å²) in [5.41, 5.74) is -1.02. The van der Waals surface area contributed by atoms with Gasteiger partial charge in [0.25, 0.3) is 5.91 Å². The van der Waals surface area contributed by atoms with Gasteiger partial charge in [-0.25, -0.2) is 8.78 Å². The van der Waals surface area contributed by atoms with Crippen molar-refractivity contribution in [1.82, 2.24) is 4.90 Å². The number of fused-ring (bicyclic) bond motifs is 2. The van der Waals surface area contributed by atoms with E-state index in [-0.39, 0.29) is 17.6 Å². The zero-order valence-corrected chi connectivity index (χ0v) is 17.5. The van der Waals surface area contributed by atoms with Crippen molar-refractivity contribution in [2.45, 2.75) is 56.7 Å². The minimum absolute atomic E-state index is 0.159. The van der Waals surface area contributed by atoms with Gasteiger partial charge in [0.15, 0.2) is 0 Å². The van der Waals surface area contributed by atoms with Crippen LogP contribution in [0.4, 0.5) is 23.2 Å². The van der Waals surface area contributed by atoms with E-state index in [0.717, 1.165) is 18.2 Å². The molecular formula is C24H24F4N2O2. The lowest BCUT2D eigenvalue weighted by atomic mass is 9.95. The molecule has 2 saturated heterocycles. The van der Waals surface area contributed by atoms with Crippen LogP contribution in [0.3, 0.4) is 0 Å². The van der Waals surface area contributed by atoms with Crippen LogP contribution in [-0.2, 0) is 5.92 Å². The van der Waals surface area contributed by atoms with E-state index >= 15 is 8.78 Å². The summed E-state index contributed by atoms with van der Waals surface area (Å²) in [4.78, 5) is 14.1. The van der Waals surface area contributed by atoms with E-state index in [1.165, 1.54) is 30.0 Å². The van der Waals surface area contributed by atoms with Gasteiger partial charge in [0, 0.05) is 23.3 Å². The fourth-order valence-corrected chi connectivity index (χ4v) is 4.74. The maximum atomic E-state index is 15.4. The third kappa shape index (κ3) is 3.99. The van der Waals surface area contributed by atoms with Crippen LogP contribution in [0.1, 0.15) is 47.2 Å². The van der Waals surface area contributed by atoms with Gasteiger partial charge in [-0.2, -0.15) is 8.78 Å². The number of halogens is 4. The number of piperidine rings is 1. The Hall–Kier alpha value is -2.87. The average Bonchev–Trinajstić information content (AvgIpc) is 3.00. The van der Waals surface area contributed by atoms with Crippen molar-refractivity contribution < 1.29 is 27.5 Å². The molecule has 2 bridgehead atoms. The molecule has 0 saturated carbocycles. The largest absolute Gasteiger partial charge is 0.393 e. The van der Waals surface area contributed by atoms with E-state index in [9.17, 15) is 18.7 Å². The van der Waals surface area contributed by atoms with Crippen LogP contribution >= 0.6 is 0 Å². The second-order valence-corrected chi connectivity index (χ2v) is 8.55. The van der Waals surface area contributed by atoms with Gasteiger partial charge < -0.3 is 15.3 Å². The molecule has 8 heteroatoms. The third-order valence-corrected chi connectivity index (χ3v) is 6.36. The number of nitrogens with zero attached hydrogens (tertiary/aromatic N) is 1. The lowest BCUT2D eigenvalue weighted by Crippen LogP contribution is -2.47. The molecule has 2 aliphatic heterocycles. The zero-order chi connectivity index (χ0) is 23.2. The first kappa shape index (κ1) is 22.3. The molecular weight excluding hydrogens is 424 g/mol. The summed E-state index contributed by atoms with van der Waals surface area (Å²) in [6, 6.07) is 6.18. The highest BCUT2D eigenvalue weighted by atomic mass is 19.3. The van der Waals surface area contributed by atoms with Gasteiger partial charge in [0.1, 0.15) is 11.6 Å². The predicted molar refractivity (Wildman–Crippen MR) is 112 cm³/mol. The molecule has 1 amide bonds. The van der Waals surface area contributed by atoms with Crippen molar-refractivity contribution in [3.8, 4) is 0 Å². The standard InChI is InChI=1S/C24H24F4N2O2/c1-13-9-16(4-8-21(13)25)29-23(32)15-3-7-22(26)20(10-15)24(27,28)14(2)30-17-5-6-18(30)12-19(31)11-17/h3-4,7-10,17-19,31H,2,5-6,11-12H2,1H3,(H,29,32). The summed E-state index contributed by atoms with van der Waals surface area (Å²) >= 11 is 0. The van der Waals surface area contributed by atoms with Crippen LogP contribution in [0.2, 0.25) is 0 Å². The van der Waals surface area contributed by atoms with Gasteiger partial charge >= 0.3 is 5.92 Å². The maximum absolute atomic E-state index is 15.4. The smallest absolute Gasteiger partial charge is 0.314 e. The molecule has 2 heterocycles. The van der Waals surface area contributed by atoms with E-state index in [0.29, 0.717) is 36.9 Å². The summed E-state index contributed by atoms with van der Waals surface area (Å²) in [6.45, 7) is 5.11. The van der Waals surface area contributed by atoms with Crippen molar-refractivity contribution in [3.63, 3.8) is 0 Å². The number of benzene rings is 2. The molecule has 2 N–H and O–H groups in total. The molecule has 2 aromatic carbocycles. The Labute approximate surface area is 183 Å². The molecule has 4 nitrogen and oxygen atoms in total. The van der Waals surface area contributed by atoms with E-state index in [4.69, 9.17) is 0 Å². The lowest BCUT2D eigenvalue weighted by Gasteiger charge is -2.42. The molecule has 0 aliphatic carbocycles. The summed E-state index contributed by atoms with van der Waals surface area (Å²) < 4.78 is 58.8. The molecule has 2 aromatic rings. The minimum Gasteiger partial charge on any atom is -0.393 e. The molecule has 0 aromatic heterocycles. The molecule has 4 rings (SSSR count). The highest BCUT2D eigenvalue weighted by molar-refractivity contribution is 6.04. The van der Waals surface area contributed by atoms with Crippen LogP contribution in [0, 0.1) is 18.6 Å². The maximum Gasteiger partial charge on any atom is 0.314 e. The molecule has 170 valence electrons. The number of carbonyl (C=O) groups excluding carboxylic acids is 1. The number of nitrogens with one attached hydrogen (secondary N) is 1. The average molecular weight is 448 g/mol. The molecule has 2 fully saturated rings. The van der Waals surface area contributed by atoms with Crippen LogP contribution in [-0.4, -0.2) is 34.1 Å². The number of alkyl halides is 2. The fraction of sp³-hybridized carbons (Fsp3) is 0.375. The number of aryl methyl sites for hydroxylation is 1. The monoisotopic (exact) mass is 448 g/mol. The van der Waals surface area contributed by atoms with E-state index in [1.807, 2.05) is 0 Å². The topological polar surface area (TPSA) is 52.6 Å². The first-order chi connectivity index (χ1) is 15.1. The van der Waals surface area contributed by atoms with E-state index < -0.39 is 40.8 Å². The fourth-order valence-electron chi connectivity index (χ4n) is 4.74. The van der Waals surface area contributed by atoms with Crippen LogP contribution in [0.25, 0.3) is 0 Å². The second-order valence-electron chi connectivity index (χ2n) is 8.55. The van der Waals surface area contributed by atoms with Crippen molar-refractivity contribution in [3.05, 3.63) is 77.0 Å². The lowest BCUT2D eigenvalue weighted by molar-refractivity contribution is -0.0280. The summed E-state index contributed by atoms with van der Waals surface area (Å²) in [6.07, 6.45) is 1.53. The van der Waals surface area contributed by atoms with Gasteiger partial charge in [-0.15, -0.1) is 0 Å². The van der Waals surface area contributed by atoms with Gasteiger partial charge in [-0.05, 0) is 74.6 Å². The van der Waals surface area contributed by atoms with Crippen molar-refractivity contribution in [2.24, 2.45) is 0 Å². The minimum atomic E-state index is -3.74. The Morgan fingerprint density at radius 3 is 2.34 bits per heavy atom. The Kier molecular flexibility index (Phi) is 5.75. The molecule has 2 aliphatic rings. The number of carbonyl (C=O) groups is 1. The van der Waals surface area contributed by atoms with Crippen molar-refractivity contribution in [1.29, 1.82) is 0 Å². The van der Waals surface area contributed by atoms with Gasteiger partial charge in [-0.3, -0.25) is 4.79 Å². The number of aliphatic hydroxyl groups excluding tert-OH is 1. The number of amides is 1. The molecule has 2 atom stereocenters. The summed E-state index contributed by atoms with van der Waals surface area (Å²) in [7, 11) is 0.